The average molecular weight is 743 g/mol. The van der Waals surface area contributed by atoms with E-state index in [0.29, 0.717) is 5.92 Å². The zero-order valence-corrected chi connectivity index (χ0v) is 33.1. The number of aromatic nitrogens is 4. The van der Waals surface area contributed by atoms with Gasteiger partial charge in [-0.1, -0.05) is 126 Å². The van der Waals surface area contributed by atoms with Crippen LogP contribution in [0.15, 0.2) is 170 Å². The molecule has 0 fully saturated rings. The van der Waals surface area contributed by atoms with Crippen molar-refractivity contribution in [3.8, 4) is 50.9 Å². The molecule has 3 aromatic heterocycles. The van der Waals surface area contributed by atoms with Crippen molar-refractivity contribution in [2.75, 3.05) is 0 Å². The lowest BCUT2D eigenvalue weighted by atomic mass is 9.86. The molecule has 0 atom stereocenters. The number of imidazole rings is 1. The summed E-state index contributed by atoms with van der Waals surface area (Å²) in [6, 6.07) is 53.4. The van der Waals surface area contributed by atoms with Crippen LogP contribution in [0.2, 0.25) is 0 Å². The molecule has 0 aliphatic carbocycles. The van der Waals surface area contributed by atoms with Crippen molar-refractivity contribution in [1.29, 1.82) is 0 Å². The highest BCUT2D eigenvalue weighted by Crippen LogP contribution is 2.38. The summed E-state index contributed by atoms with van der Waals surface area (Å²) in [6.07, 6.45) is 10.7. The quantitative estimate of drug-likeness (QED) is 0.109. The van der Waals surface area contributed by atoms with Crippen molar-refractivity contribution in [2.24, 2.45) is 5.92 Å². The summed E-state index contributed by atoms with van der Waals surface area (Å²) in [6.45, 7) is 11.3. The minimum absolute atomic E-state index is 0.0258. The number of hydrogen-bond donors (Lipinski definition) is 0. The molecular weight excluding hydrogens is 697 g/mol. The SMILES string of the molecule is CC(C)Cc1ccnc(-n2c3ccc(C(C)(C)C)cc3c3ccc(Oc4cccc(-n5[c-][n+](-c6c(-c7ccccc7)cccc6-c6ccccc6)cc5)c4)cc32)c1. The van der Waals surface area contributed by atoms with E-state index in [4.69, 9.17) is 9.72 Å². The minimum Gasteiger partial charge on any atom is -0.458 e. The molecule has 0 aliphatic heterocycles. The van der Waals surface area contributed by atoms with E-state index in [9.17, 15) is 0 Å². The van der Waals surface area contributed by atoms with Crippen LogP contribution in [-0.4, -0.2) is 14.1 Å². The van der Waals surface area contributed by atoms with Gasteiger partial charge in [-0.2, -0.15) is 0 Å². The van der Waals surface area contributed by atoms with E-state index in [1.54, 1.807) is 0 Å². The minimum atomic E-state index is 0.0258. The molecule has 57 heavy (non-hydrogen) atoms. The number of hydrogen-bond acceptors (Lipinski definition) is 2. The number of rotatable bonds is 9. The van der Waals surface area contributed by atoms with Gasteiger partial charge in [0.15, 0.2) is 0 Å². The highest BCUT2D eigenvalue weighted by atomic mass is 16.5. The Morgan fingerprint density at radius 3 is 2.07 bits per heavy atom. The maximum Gasteiger partial charge on any atom is 0.268 e. The fourth-order valence-electron chi connectivity index (χ4n) is 7.88. The van der Waals surface area contributed by atoms with Crippen LogP contribution in [0, 0.1) is 12.2 Å². The third kappa shape index (κ3) is 7.13. The van der Waals surface area contributed by atoms with Crippen molar-refractivity contribution in [3.05, 3.63) is 188 Å². The van der Waals surface area contributed by atoms with Crippen LogP contribution < -0.4 is 9.30 Å². The van der Waals surface area contributed by atoms with Gasteiger partial charge in [-0.15, -0.1) is 0 Å². The Morgan fingerprint density at radius 2 is 1.37 bits per heavy atom. The highest BCUT2D eigenvalue weighted by molar-refractivity contribution is 6.09. The summed E-state index contributed by atoms with van der Waals surface area (Å²) in [5, 5.41) is 2.38. The van der Waals surface area contributed by atoms with Crippen LogP contribution in [-0.2, 0) is 11.8 Å². The first kappa shape index (κ1) is 35.9. The molecule has 280 valence electrons. The van der Waals surface area contributed by atoms with Crippen molar-refractivity contribution >= 4 is 21.8 Å². The zero-order chi connectivity index (χ0) is 39.1. The Morgan fingerprint density at radius 1 is 0.667 bits per heavy atom. The number of para-hydroxylation sites is 1. The summed E-state index contributed by atoms with van der Waals surface area (Å²) in [5.74, 6) is 2.96. The first-order chi connectivity index (χ1) is 27.7. The summed E-state index contributed by atoms with van der Waals surface area (Å²) >= 11 is 0. The summed E-state index contributed by atoms with van der Waals surface area (Å²) in [4.78, 5) is 4.90. The summed E-state index contributed by atoms with van der Waals surface area (Å²) in [5.41, 5.74) is 11.4. The van der Waals surface area contributed by atoms with Crippen LogP contribution in [0.25, 0.3) is 61.3 Å². The molecule has 6 aromatic carbocycles. The van der Waals surface area contributed by atoms with E-state index in [2.05, 4.69) is 196 Å². The Balaban J connectivity index is 1.09. The van der Waals surface area contributed by atoms with Crippen molar-refractivity contribution in [3.63, 3.8) is 0 Å². The van der Waals surface area contributed by atoms with E-state index in [-0.39, 0.29) is 5.41 Å². The van der Waals surface area contributed by atoms with Crippen molar-refractivity contribution < 1.29 is 9.30 Å². The summed E-state index contributed by atoms with van der Waals surface area (Å²) < 4.78 is 13.1. The molecule has 0 aliphatic rings. The van der Waals surface area contributed by atoms with Crippen molar-refractivity contribution in [2.45, 2.75) is 46.5 Å². The first-order valence-corrected chi connectivity index (χ1v) is 19.8. The molecule has 0 unspecified atom stereocenters. The lowest BCUT2D eigenvalue weighted by Gasteiger charge is -2.19. The molecule has 0 N–H and O–H groups in total. The van der Waals surface area contributed by atoms with Gasteiger partial charge in [0.05, 0.1) is 22.4 Å². The fourth-order valence-corrected chi connectivity index (χ4v) is 7.88. The predicted molar refractivity (Wildman–Crippen MR) is 233 cm³/mol. The number of nitrogens with zero attached hydrogens (tertiary/aromatic N) is 4. The molecule has 0 radical (unpaired) electrons. The monoisotopic (exact) mass is 742 g/mol. The Hall–Kier alpha value is -6.72. The Kier molecular flexibility index (Phi) is 9.30. The molecule has 9 aromatic rings. The van der Waals surface area contributed by atoms with Gasteiger partial charge in [-0.25, -0.2) is 4.98 Å². The third-order valence-corrected chi connectivity index (χ3v) is 10.6. The Bertz CT molecular complexity index is 2800. The van der Waals surface area contributed by atoms with Gasteiger partial charge >= 0.3 is 0 Å². The van der Waals surface area contributed by atoms with Gasteiger partial charge in [0.1, 0.15) is 17.3 Å². The molecule has 0 amide bonds. The molecule has 0 saturated heterocycles. The first-order valence-electron chi connectivity index (χ1n) is 19.8. The van der Waals surface area contributed by atoms with E-state index >= 15 is 0 Å². The lowest BCUT2D eigenvalue weighted by molar-refractivity contribution is -0.598. The average Bonchev–Trinajstić information content (AvgIpc) is 3.84. The van der Waals surface area contributed by atoms with Gasteiger partial charge in [-0.05, 0) is 106 Å². The van der Waals surface area contributed by atoms with Gasteiger partial charge < -0.3 is 4.74 Å². The van der Waals surface area contributed by atoms with E-state index < -0.39 is 0 Å². The van der Waals surface area contributed by atoms with Crippen LogP contribution in [0.1, 0.15) is 45.7 Å². The van der Waals surface area contributed by atoms with Gasteiger partial charge in [0.2, 0.25) is 0 Å². The molecular formula is C52H46N4O. The second-order valence-corrected chi connectivity index (χ2v) is 16.3. The fraction of sp³-hybridized carbons (Fsp3) is 0.154. The Labute approximate surface area is 335 Å². The van der Waals surface area contributed by atoms with Gasteiger partial charge in [0.25, 0.3) is 6.33 Å². The van der Waals surface area contributed by atoms with Crippen molar-refractivity contribution in [1.82, 2.24) is 14.1 Å². The molecule has 3 heterocycles. The normalized spacial score (nSPS) is 11.8. The van der Waals surface area contributed by atoms with Crippen LogP contribution in [0.3, 0.4) is 0 Å². The number of fused-ring (bicyclic) bond motifs is 3. The van der Waals surface area contributed by atoms with Crippen LogP contribution in [0.4, 0.5) is 0 Å². The molecule has 9 rings (SSSR count). The predicted octanol–water partition coefficient (Wildman–Crippen LogP) is 12.7. The number of pyridine rings is 1. The topological polar surface area (TPSA) is 35.9 Å². The van der Waals surface area contributed by atoms with E-state index in [0.717, 1.165) is 68.4 Å². The second kappa shape index (κ2) is 14.7. The zero-order valence-electron chi connectivity index (χ0n) is 33.1. The number of ether oxygens (including phenoxy) is 1. The molecule has 0 bridgehead atoms. The molecule has 0 saturated carbocycles. The van der Waals surface area contributed by atoms with E-state index in [1.807, 2.05) is 29.1 Å². The molecule has 5 heteroatoms. The molecule has 0 spiro atoms. The standard InChI is InChI=1S/C52H46N4O/c1-36(2)30-37-26-27-53-50(31-37)56-48-25-22-40(52(3,4)5)32-47(48)46-24-23-43(34-49(46)56)57-42-19-12-18-41(33-42)54-28-29-55(35-54)51-44(38-14-8-6-9-15-38)20-13-21-45(51)39-16-10-7-11-17-39/h6-29,31-34,36H,30H2,1-5H3. The van der Waals surface area contributed by atoms with Gasteiger partial charge in [0, 0.05) is 35.4 Å². The lowest BCUT2D eigenvalue weighted by Crippen LogP contribution is -2.30. The second-order valence-electron chi connectivity index (χ2n) is 16.3. The maximum absolute atomic E-state index is 6.67. The third-order valence-electron chi connectivity index (χ3n) is 10.6. The highest BCUT2D eigenvalue weighted by Gasteiger charge is 2.20. The van der Waals surface area contributed by atoms with E-state index in [1.165, 1.54) is 21.9 Å². The maximum atomic E-state index is 6.67. The summed E-state index contributed by atoms with van der Waals surface area (Å²) in [7, 11) is 0. The van der Waals surface area contributed by atoms with Crippen LogP contribution >= 0.6 is 0 Å². The van der Waals surface area contributed by atoms with Gasteiger partial charge in [-0.3, -0.25) is 13.7 Å². The molecule has 5 nitrogen and oxygen atoms in total. The van der Waals surface area contributed by atoms with Crippen LogP contribution in [0.5, 0.6) is 11.5 Å². The largest absolute Gasteiger partial charge is 0.458 e. The number of benzene rings is 6. The smallest absolute Gasteiger partial charge is 0.268 e.